The molecule has 0 bridgehead atoms. The summed E-state index contributed by atoms with van der Waals surface area (Å²) in [5.41, 5.74) is 0.209. The lowest BCUT2D eigenvalue weighted by atomic mass is 9.98. The van der Waals surface area contributed by atoms with Crippen LogP contribution in [0.15, 0.2) is 27.6 Å². The second-order valence-corrected chi connectivity index (χ2v) is 8.27. The van der Waals surface area contributed by atoms with Gasteiger partial charge in [-0.05, 0) is 31.0 Å². The molecule has 0 spiro atoms. The number of aromatic nitrogens is 1. The van der Waals surface area contributed by atoms with E-state index in [1.807, 2.05) is 0 Å². The van der Waals surface area contributed by atoms with E-state index in [2.05, 4.69) is 5.16 Å². The summed E-state index contributed by atoms with van der Waals surface area (Å²) in [4.78, 5) is 24.6. The highest BCUT2D eigenvalue weighted by atomic mass is 35.5. The Kier molecular flexibility index (Phi) is 4.09. The molecule has 1 aromatic heterocycles. The van der Waals surface area contributed by atoms with Gasteiger partial charge in [0.05, 0.1) is 15.5 Å². The normalized spacial score (nSPS) is 14.6. The molecule has 1 saturated carbocycles. The van der Waals surface area contributed by atoms with Crippen molar-refractivity contribution >= 4 is 33.0 Å². The van der Waals surface area contributed by atoms with E-state index in [1.54, 1.807) is 0 Å². The largest absolute Gasteiger partial charge is 0.360 e. The maximum absolute atomic E-state index is 12.9. The summed E-state index contributed by atoms with van der Waals surface area (Å²) in [5.74, 6) is -0.390. The molecule has 126 valence electrons. The average Bonchev–Trinajstić information content (AvgIpc) is 3.23. The first-order chi connectivity index (χ1) is 11.2. The van der Waals surface area contributed by atoms with Crippen LogP contribution < -0.4 is 0 Å². The first kappa shape index (κ1) is 16.9. The van der Waals surface area contributed by atoms with Crippen molar-refractivity contribution in [1.29, 1.82) is 0 Å². The minimum Gasteiger partial charge on any atom is -0.360 e. The second-order valence-electron chi connectivity index (χ2n) is 5.84. The summed E-state index contributed by atoms with van der Waals surface area (Å²) in [6.45, 7) is 1.31. The zero-order valence-electron chi connectivity index (χ0n) is 13.0. The van der Waals surface area contributed by atoms with Crippen LogP contribution in [0.5, 0.6) is 0 Å². The van der Waals surface area contributed by atoms with Gasteiger partial charge in [-0.3, -0.25) is 9.59 Å². The molecule has 0 aliphatic heterocycles. The molecule has 2 aromatic rings. The van der Waals surface area contributed by atoms with E-state index in [0.29, 0.717) is 5.76 Å². The second kappa shape index (κ2) is 5.82. The van der Waals surface area contributed by atoms with Gasteiger partial charge in [0.15, 0.2) is 32.9 Å². The third-order valence-corrected chi connectivity index (χ3v) is 5.26. The average molecular weight is 368 g/mol. The summed E-state index contributed by atoms with van der Waals surface area (Å²) in [5, 5.41) is 3.73. The Morgan fingerprint density at radius 3 is 2.46 bits per heavy atom. The number of carbonyl (C=O) groups excluding carboxylic acids is 2. The predicted molar refractivity (Wildman–Crippen MR) is 86.5 cm³/mol. The van der Waals surface area contributed by atoms with Gasteiger partial charge in [-0.1, -0.05) is 16.8 Å². The van der Waals surface area contributed by atoms with Crippen LogP contribution in [-0.4, -0.2) is 31.4 Å². The maximum atomic E-state index is 12.9. The smallest absolute Gasteiger partial charge is 0.200 e. The van der Waals surface area contributed by atoms with Crippen LogP contribution in [-0.2, 0) is 9.84 Å². The van der Waals surface area contributed by atoms with E-state index < -0.39 is 15.6 Å². The third-order valence-electron chi connectivity index (χ3n) is 3.84. The number of ketones is 2. The van der Waals surface area contributed by atoms with Crippen LogP contribution in [0.3, 0.4) is 0 Å². The molecule has 0 atom stereocenters. The molecule has 1 aromatic carbocycles. The van der Waals surface area contributed by atoms with Crippen molar-refractivity contribution in [2.75, 3.05) is 6.26 Å². The SMILES string of the molecule is CC(=O)c1noc(C2CC2)c1C(=O)c1ccc(S(C)(=O)=O)cc1Cl. The number of rotatable bonds is 5. The lowest BCUT2D eigenvalue weighted by molar-refractivity contribution is 0.0985. The Labute approximate surface area is 143 Å². The molecule has 0 N–H and O–H groups in total. The van der Waals surface area contributed by atoms with Gasteiger partial charge in [-0.2, -0.15) is 0 Å². The lowest BCUT2D eigenvalue weighted by Crippen LogP contribution is -2.10. The fourth-order valence-electron chi connectivity index (χ4n) is 2.43. The quantitative estimate of drug-likeness (QED) is 0.754. The fourth-order valence-corrected chi connectivity index (χ4v) is 3.41. The molecule has 0 unspecified atom stereocenters. The number of halogens is 1. The zero-order valence-corrected chi connectivity index (χ0v) is 14.6. The standard InChI is InChI=1S/C16H14ClNO5S/c1-8(19)14-13(16(23-18-14)9-3-4-9)15(20)11-6-5-10(7-12(11)17)24(2,21)22/h5-7,9H,3-4H2,1-2H3. The highest BCUT2D eigenvalue weighted by Gasteiger charge is 2.36. The third kappa shape index (κ3) is 3.01. The zero-order chi connectivity index (χ0) is 17.6. The van der Waals surface area contributed by atoms with Crippen molar-refractivity contribution in [2.24, 2.45) is 0 Å². The summed E-state index contributed by atoms with van der Waals surface area (Å²) in [7, 11) is -3.44. The molecule has 1 aliphatic rings. The minimum atomic E-state index is -3.44. The van der Waals surface area contributed by atoms with Crippen LogP contribution in [0.2, 0.25) is 5.02 Å². The summed E-state index contributed by atoms with van der Waals surface area (Å²) < 4.78 is 28.4. The molecule has 0 amide bonds. The van der Waals surface area contributed by atoms with Crippen LogP contribution in [0.1, 0.15) is 57.9 Å². The van der Waals surface area contributed by atoms with Crippen molar-refractivity contribution < 1.29 is 22.5 Å². The first-order valence-corrected chi connectivity index (χ1v) is 9.52. The highest BCUT2D eigenvalue weighted by molar-refractivity contribution is 7.90. The minimum absolute atomic E-state index is 0.000346. The topological polar surface area (TPSA) is 94.3 Å². The van der Waals surface area contributed by atoms with Gasteiger partial charge >= 0.3 is 0 Å². The van der Waals surface area contributed by atoms with Crippen molar-refractivity contribution in [1.82, 2.24) is 5.16 Å². The van der Waals surface area contributed by atoms with E-state index in [-0.39, 0.29) is 38.4 Å². The van der Waals surface area contributed by atoms with Gasteiger partial charge < -0.3 is 4.52 Å². The first-order valence-electron chi connectivity index (χ1n) is 7.25. The molecule has 3 rings (SSSR count). The lowest BCUT2D eigenvalue weighted by Gasteiger charge is -2.06. The number of hydrogen-bond acceptors (Lipinski definition) is 6. The molecule has 1 fully saturated rings. The van der Waals surface area contributed by atoms with E-state index in [9.17, 15) is 18.0 Å². The van der Waals surface area contributed by atoms with E-state index in [0.717, 1.165) is 19.1 Å². The van der Waals surface area contributed by atoms with Gasteiger partial charge in [0.2, 0.25) is 0 Å². The Bertz CT molecular complexity index is 957. The number of Topliss-reactive ketones (excluding diaryl/α,β-unsaturated/α-hetero) is 1. The van der Waals surface area contributed by atoms with Crippen molar-refractivity contribution in [3.8, 4) is 0 Å². The number of benzene rings is 1. The molecule has 6 nitrogen and oxygen atoms in total. The molecule has 0 saturated heterocycles. The molecule has 8 heteroatoms. The highest BCUT2D eigenvalue weighted by Crippen LogP contribution is 2.43. The Morgan fingerprint density at radius 2 is 1.96 bits per heavy atom. The monoisotopic (exact) mass is 367 g/mol. The molecule has 1 heterocycles. The van der Waals surface area contributed by atoms with Crippen molar-refractivity contribution in [2.45, 2.75) is 30.6 Å². The Hall–Kier alpha value is -1.99. The molecular weight excluding hydrogens is 354 g/mol. The Balaban J connectivity index is 2.10. The number of nitrogens with zero attached hydrogens (tertiary/aromatic N) is 1. The van der Waals surface area contributed by atoms with Gasteiger partial charge in [0.25, 0.3) is 0 Å². The summed E-state index contributed by atoms with van der Waals surface area (Å²) >= 11 is 6.11. The van der Waals surface area contributed by atoms with Gasteiger partial charge in [0.1, 0.15) is 0 Å². The van der Waals surface area contributed by atoms with E-state index in [4.69, 9.17) is 16.1 Å². The van der Waals surface area contributed by atoms with E-state index in [1.165, 1.54) is 25.1 Å². The van der Waals surface area contributed by atoms with Crippen molar-refractivity contribution in [3.63, 3.8) is 0 Å². The number of carbonyl (C=O) groups is 2. The molecule has 24 heavy (non-hydrogen) atoms. The van der Waals surface area contributed by atoms with E-state index >= 15 is 0 Å². The van der Waals surface area contributed by atoms with Crippen LogP contribution in [0, 0.1) is 0 Å². The summed E-state index contributed by atoms with van der Waals surface area (Å²) in [6.07, 6.45) is 2.79. The predicted octanol–water partition coefficient (Wildman–Crippen LogP) is 3.04. The van der Waals surface area contributed by atoms with Crippen LogP contribution in [0.4, 0.5) is 0 Å². The summed E-state index contributed by atoms with van der Waals surface area (Å²) in [6, 6.07) is 3.88. The van der Waals surface area contributed by atoms with Crippen LogP contribution >= 0.6 is 11.6 Å². The Morgan fingerprint density at radius 1 is 1.29 bits per heavy atom. The van der Waals surface area contributed by atoms with Crippen LogP contribution in [0.25, 0.3) is 0 Å². The maximum Gasteiger partial charge on any atom is 0.200 e. The van der Waals surface area contributed by atoms with Gasteiger partial charge in [-0.15, -0.1) is 0 Å². The van der Waals surface area contributed by atoms with Crippen molar-refractivity contribution in [3.05, 3.63) is 45.8 Å². The molecule has 1 aliphatic carbocycles. The number of hydrogen-bond donors (Lipinski definition) is 0. The van der Waals surface area contributed by atoms with Gasteiger partial charge in [0, 0.05) is 24.7 Å². The van der Waals surface area contributed by atoms with Gasteiger partial charge in [-0.25, -0.2) is 8.42 Å². The molecule has 0 radical (unpaired) electrons. The molecular formula is C16H14ClNO5S. The number of sulfone groups is 1. The fraction of sp³-hybridized carbons (Fsp3) is 0.312.